The molecular weight excluding hydrogens is 394 g/mol. The molecule has 4 rings (SSSR count). The van der Waals surface area contributed by atoms with Crippen LogP contribution in [0.3, 0.4) is 0 Å². The molecule has 2 fully saturated rings. The van der Waals surface area contributed by atoms with Crippen LogP contribution < -0.4 is 5.32 Å². The van der Waals surface area contributed by atoms with Crippen LogP contribution >= 0.6 is 11.8 Å². The van der Waals surface area contributed by atoms with Gasteiger partial charge in [0.1, 0.15) is 0 Å². The number of urea groups is 1. The van der Waals surface area contributed by atoms with Crippen LogP contribution in [0.4, 0.5) is 10.5 Å². The number of nitrogens with zero attached hydrogens (tertiary/aromatic N) is 2. The van der Waals surface area contributed by atoms with Crippen LogP contribution in [0.5, 0.6) is 0 Å². The standard InChI is InChI=1S/C24H29N3O2S/c1-3-19-8-4-5-10-21(19)25-23(29)26-13-11-24(12-14-26)27(15-16-30-24)22(28)20-9-6-7-18(2)17-20/h4-10,17H,3,11-16H2,1-2H3,(H,25,29). The van der Waals surface area contributed by atoms with E-state index in [2.05, 4.69) is 12.2 Å². The number of aryl methyl sites for hydroxylation is 2. The highest BCUT2D eigenvalue weighted by Crippen LogP contribution is 2.44. The first-order valence-electron chi connectivity index (χ1n) is 10.7. The number of thioether (sulfide) groups is 1. The molecule has 30 heavy (non-hydrogen) atoms. The van der Waals surface area contributed by atoms with Gasteiger partial charge in [-0.25, -0.2) is 4.79 Å². The van der Waals surface area contributed by atoms with E-state index in [0.717, 1.165) is 53.9 Å². The minimum atomic E-state index is -0.196. The zero-order chi connectivity index (χ0) is 21.1. The molecule has 0 radical (unpaired) electrons. The van der Waals surface area contributed by atoms with E-state index in [1.165, 1.54) is 0 Å². The first-order valence-corrected chi connectivity index (χ1v) is 11.7. The van der Waals surface area contributed by atoms with Crippen molar-refractivity contribution in [3.63, 3.8) is 0 Å². The van der Waals surface area contributed by atoms with Gasteiger partial charge in [-0.05, 0) is 49.9 Å². The molecule has 158 valence electrons. The second-order valence-corrected chi connectivity index (χ2v) is 9.51. The van der Waals surface area contributed by atoms with Crippen LogP contribution in [-0.4, -0.2) is 52.0 Å². The minimum absolute atomic E-state index is 0.0506. The van der Waals surface area contributed by atoms with Crippen molar-refractivity contribution in [2.24, 2.45) is 0 Å². The number of carbonyl (C=O) groups is 2. The summed E-state index contributed by atoms with van der Waals surface area (Å²) in [5, 5.41) is 3.08. The van der Waals surface area contributed by atoms with Crippen LogP contribution in [0, 0.1) is 6.92 Å². The molecule has 2 aliphatic rings. The fraction of sp³-hybridized carbons (Fsp3) is 0.417. The summed E-state index contributed by atoms with van der Waals surface area (Å²) < 4.78 is 0. The van der Waals surface area contributed by atoms with E-state index in [-0.39, 0.29) is 16.8 Å². The summed E-state index contributed by atoms with van der Waals surface area (Å²) in [6.45, 7) is 6.19. The van der Waals surface area contributed by atoms with Gasteiger partial charge in [0.25, 0.3) is 5.91 Å². The SMILES string of the molecule is CCc1ccccc1NC(=O)N1CCC2(CC1)SCCN2C(=O)c1cccc(C)c1. The van der Waals surface area contributed by atoms with E-state index in [1.807, 2.05) is 77.0 Å². The fourth-order valence-electron chi connectivity index (χ4n) is 4.45. The lowest BCUT2D eigenvalue weighted by Crippen LogP contribution is -2.54. The van der Waals surface area contributed by atoms with Crippen molar-refractivity contribution in [2.45, 2.75) is 38.0 Å². The minimum Gasteiger partial charge on any atom is -0.324 e. The molecule has 2 aromatic carbocycles. The maximum absolute atomic E-state index is 13.2. The predicted octanol–water partition coefficient (Wildman–Crippen LogP) is 4.77. The molecule has 1 N–H and O–H groups in total. The summed E-state index contributed by atoms with van der Waals surface area (Å²) >= 11 is 1.87. The Bertz CT molecular complexity index is 938. The molecule has 0 atom stereocenters. The highest BCUT2D eigenvalue weighted by Gasteiger charge is 2.47. The number of piperidine rings is 1. The van der Waals surface area contributed by atoms with Gasteiger partial charge in [-0.1, -0.05) is 42.8 Å². The second kappa shape index (κ2) is 8.72. The summed E-state index contributed by atoms with van der Waals surface area (Å²) in [6.07, 6.45) is 2.49. The van der Waals surface area contributed by atoms with E-state index in [4.69, 9.17) is 0 Å². The third-order valence-corrected chi connectivity index (χ3v) is 7.71. The molecule has 0 saturated carbocycles. The van der Waals surface area contributed by atoms with Crippen LogP contribution in [0.25, 0.3) is 0 Å². The Balaban J connectivity index is 1.42. The lowest BCUT2D eigenvalue weighted by molar-refractivity contribution is 0.0585. The number of amides is 3. The molecule has 0 aliphatic carbocycles. The second-order valence-electron chi connectivity index (χ2n) is 8.05. The molecular formula is C24H29N3O2S. The molecule has 2 saturated heterocycles. The van der Waals surface area contributed by atoms with Crippen molar-refractivity contribution in [1.29, 1.82) is 0 Å². The summed E-state index contributed by atoms with van der Waals surface area (Å²) in [5.74, 6) is 1.06. The predicted molar refractivity (Wildman–Crippen MR) is 123 cm³/mol. The molecule has 0 aromatic heterocycles. The number of hydrogen-bond donors (Lipinski definition) is 1. The number of benzene rings is 2. The largest absolute Gasteiger partial charge is 0.324 e. The molecule has 1 spiro atoms. The topological polar surface area (TPSA) is 52.7 Å². The Kier molecular flexibility index (Phi) is 6.04. The lowest BCUT2D eigenvalue weighted by Gasteiger charge is -2.44. The van der Waals surface area contributed by atoms with E-state index >= 15 is 0 Å². The highest BCUT2D eigenvalue weighted by molar-refractivity contribution is 8.00. The van der Waals surface area contributed by atoms with Crippen LogP contribution in [0.1, 0.15) is 41.3 Å². The van der Waals surface area contributed by atoms with Crippen molar-refractivity contribution < 1.29 is 9.59 Å². The number of hydrogen-bond acceptors (Lipinski definition) is 3. The van der Waals surface area contributed by atoms with Crippen molar-refractivity contribution >= 4 is 29.4 Å². The van der Waals surface area contributed by atoms with Crippen molar-refractivity contribution in [2.75, 3.05) is 30.7 Å². The molecule has 2 aromatic rings. The Labute approximate surface area is 182 Å². The highest BCUT2D eigenvalue weighted by atomic mass is 32.2. The first-order chi connectivity index (χ1) is 14.5. The maximum Gasteiger partial charge on any atom is 0.321 e. The van der Waals surface area contributed by atoms with Gasteiger partial charge in [0.2, 0.25) is 0 Å². The first kappa shape index (κ1) is 20.8. The average molecular weight is 424 g/mol. The van der Waals surface area contributed by atoms with Gasteiger partial charge in [-0.2, -0.15) is 0 Å². The molecule has 3 amide bonds. The smallest absolute Gasteiger partial charge is 0.321 e. The van der Waals surface area contributed by atoms with Crippen LogP contribution in [-0.2, 0) is 6.42 Å². The third kappa shape index (κ3) is 4.06. The van der Waals surface area contributed by atoms with Gasteiger partial charge in [-0.15, -0.1) is 11.8 Å². The van der Waals surface area contributed by atoms with Gasteiger partial charge in [0.15, 0.2) is 0 Å². The molecule has 5 nitrogen and oxygen atoms in total. The number of rotatable bonds is 3. The quantitative estimate of drug-likeness (QED) is 0.774. The molecule has 2 aliphatic heterocycles. The average Bonchev–Trinajstić information content (AvgIpc) is 3.16. The van der Waals surface area contributed by atoms with Gasteiger partial charge in [0.05, 0.1) is 4.87 Å². The van der Waals surface area contributed by atoms with E-state index in [9.17, 15) is 9.59 Å². The Hall–Kier alpha value is -2.47. The van der Waals surface area contributed by atoms with E-state index < -0.39 is 0 Å². The summed E-state index contributed by atoms with van der Waals surface area (Å²) in [6, 6.07) is 15.7. The van der Waals surface area contributed by atoms with Crippen molar-refractivity contribution in [3.05, 3.63) is 65.2 Å². The lowest BCUT2D eigenvalue weighted by atomic mass is 10.0. The Morgan fingerprint density at radius 1 is 1.07 bits per heavy atom. The number of anilines is 1. The fourth-order valence-corrected chi connectivity index (χ4v) is 5.90. The van der Waals surface area contributed by atoms with Gasteiger partial charge in [-0.3, -0.25) is 4.79 Å². The molecule has 0 unspecified atom stereocenters. The number of para-hydroxylation sites is 1. The third-order valence-electron chi connectivity index (χ3n) is 6.16. The summed E-state index contributed by atoms with van der Waals surface area (Å²) in [4.78, 5) is 29.8. The number of carbonyl (C=O) groups excluding carboxylic acids is 2. The van der Waals surface area contributed by atoms with Crippen molar-refractivity contribution in [1.82, 2.24) is 9.80 Å². The summed E-state index contributed by atoms with van der Waals surface area (Å²) in [5.41, 5.74) is 3.88. The zero-order valence-corrected chi connectivity index (χ0v) is 18.5. The number of nitrogens with one attached hydrogen (secondary N) is 1. The van der Waals surface area contributed by atoms with E-state index in [1.54, 1.807) is 0 Å². The Morgan fingerprint density at radius 2 is 1.83 bits per heavy atom. The maximum atomic E-state index is 13.2. The number of likely N-dealkylation sites (tertiary alicyclic amines) is 1. The monoisotopic (exact) mass is 423 g/mol. The van der Waals surface area contributed by atoms with E-state index in [0.29, 0.717) is 13.1 Å². The van der Waals surface area contributed by atoms with Crippen molar-refractivity contribution in [3.8, 4) is 0 Å². The van der Waals surface area contributed by atoms with Gasteiger partial charge < -0.3 is 15.1 Å². The Morgan fingerprint density at radius 3 is 2.57 bits per heavy atom. The zero-order valence-electron chi connectivity index (χ0n) is 17.7. The molecule has 0 bridgehead atoms. The van der Waals surface area contributed by atoms with Crippen LogP contribution in [0.15, 0.2) is 48.5 Å². The normalized spacial score (nSPS) is 17.9. The van der Waals surface area contributed by atoms with Gasteiger partial charge >= 0.3 is 6.03 Å². The molecule has 6 heteroatoms. The van der Waals surface area contributed by atoms with Crippen LogP contribution in [0.2, 0.25) is 0 Å². The van der Waals surface area contributed by atoms with Gasteiger partial charge in [0, 0.05) is 36.6 Å². The summed E-state index contributed by atoms with van der Waals surface area (Å²) in [7, 11) is 0. The molecule has 2 heterocycles.